The van der Waals surface area contributed by atoms with E-state index in [-0.39, 0.29) is 11.5 Å². The lowest BCUT2D eigenvalue weighted by atomic mass is 9.96. The molecule has 30 heavy (non-hydrogen) atoms. The number of nitrogens with zero attached hydrogens (tertiary/aromatic N) is 1. The Kier molecular flexibility index (Phi) is 8.56. The van der Waals surface area contributed by atoms with E-state index in [1.54, 1.807) is 6.20 Å². The summed E-state index contributed by atoms with van der Waals surface area (Å²) in [6, 6.07) is 12.6. The molecule has 0 unspecified atom stereocenters. The second-order valence-electron chi connectivity index (χ2n) is 9.24. The number of aromatic nitrogens is 1. The van der Waals surface area contributed by atoms with E-state index in [1.807, 2.05) is 12.3 Å². The molecule has 0 radical (unpaired) electrons. The van der Waals surface area contributed by atoms with Crippen LogP contribution in [0, 0.1) is 0 Å². The van der Waals surface area contributed by atoms with E-state index in [4.69, 9.17) is 9.53 Å². The zero-order valence-electron chi connectivity index (χ0n) is 18.9. The number of carboxylic acids is 1. The van der Waals surface area contributed by atoms with Crippen LogP contribution in [-0.2, 0) is 15.8 Å². The Morgan fingerprint density at radius 1 is 1.10 bits per heavy atom. The zero-order chi connectivity index (χ0) is 22.2. The topological polar surface area (TPSA) is 59.4 Å². The van der Waals surface area contributed by atoms with Crippen LogP contribution in [0.1, 0.15) is 63.1 Å². The number of benzene rings is 1. The number of carboxylic acid groups (broad SMARTS) is 1. The number of hydrogen-bond donors (Lipinski definition) is 1. The lowest BCUT2D eigenvalue weighted by molar-refractivity contribution is -0.137. The largest absolute Gasteiger partial charge is 0.481 e. The summed E-state index contributed by atoms with van der Waals surface area (Å²) in [5.41, 5.74) is 4.52. The van der Waals surface area contributed by atoms with Gasteiger partial charge in [0, 0.05) is 24.4 Å². The van der Waals surface area contributed by atoms with E-state index in [1.165, 1.54) is 5.56 Å². The number of rotatable bonds is 10. The summed E-state index contributed by atoms with van der Waals surface area (Å²) in [7, 11) is -1.77. The van der Waals surface area contributed by atoms with E-state index >= 15 is 0 Å². The van der Waals surface area contributed by atoms with Crippen LogP contribution < -0.4 is 0 Å². The van der Waals surface area contributed by atoms with Crippen molar-refractivity contribution in [2.45, 2.75) is 71.2 Å². The molecule has 0 saturated carbocycles. The molecule has 4 nitrogen and oxygen atoms in total. The molecule has 5 heteroatoms. The van der Waals surface area contributed by atoms with Crippen molar-refractivity contribution in [3.63, 3.8) is 0 Å². The van der Waals surface area contributed by atoms with Gasteiger partial charge >= 0.3 is 5.97 Å². The molecule has 1 N–H and O–H groups in total. The number of hydrogen-bond acceptors (Lipinski definition) is 3. The second-order valence-corrected chi connectivity index (χ2v) is 14.1. The van der Waals surface area contributed by atoms with E-state index in [2.05, 4.69) is 75.3 Å². The van der Waals surface area contributed by atoms with Crippen LogP contribution in [0.5, 0.6) is 0 Å². The molecule has 1 heterocycles. The SMILES string of the molecule is CC(C)(C)[Si](C)(C)OCc1ccc(/C(=C/CCCCC(=O)O)c2cccnc2)cc1. The van der Waals surface area contributed by atoms with Crippen molar-refractivity contribution in [3.05, 3.63) is 71.6 Å². The molecule has 0 aliphatic heterocycles. The van der Waals surface area contributed by atoms with E-state index in [0.717, 1.165) is 29.5 Å². The van der Waals surface area contributed by atoms with Crippen LogP contribution in [0.2, 0.25) is 18.1 Å². The normalized spacial score (nSPS) is 12.8. The Balaban J connectivity index is 2.12. The highest BCUT2D eigenvalue weighted by Crippen LogP contribution is 2.37. The molecule has 2 rings (SSSR count). The minimum Gasteiger partial charge on any atom is -0.481 e. The summed E-state index contributed by atoms with van der Waals surface area (Å²) in [6.07, 6.45) is 8.45. The highest BCUT2D eigenvalue weighted by Gasteiger charge is 2.36. The molecule has 1 aromatic carbocycles. The van der Waals surface area contributed by atoms with Crippen molar-refractivity contribution < 1.29 is 14.3 Å². The molecule has 0 spiro atoms. The summed E-state index contributed by atoms with van der Waals surface area (Å²) in [4.78, 5) is 15.0. The molecule has 0 atom stereocenters. The first-order chi connectivity index (χ1) is 14.1. The molecule has 0 aliphatic carbocycles. The predicted molar refractivity (Wildman–Crippen MR) is 126 cm³/mol. The highest BCUT2D eigenvalue weighted by molar-refractivity contribution is 6.74. The molecule has 0 saturated heterocycles. The summed E-state index contributed by atoms with van der Waals surface area (Å²) in [5, 5.41) is 9.01. The molecule has 1 aromatic heterocycles. The lowest BCUT2D eigenvalue weighted by Gasteiger charge is -2.36. The standard InChI is InChI=1S/C25H35NO3Si/c1-25(2,3)30(4,5)29-19-20-13-15-21(16-14-20)23(22-10-9-17-26-18-22)11-7-6-8-12-24(27)28/h9-11,13-18H,6-8,12,19H2,1-5H3,(H,27,28)/b23-11-. The van der Waals surface area contributed by atoms with Gasteiger partial charge in [0.15, 0.2) is 8.32 Å². The second kappa shape index (κ2) is 10.7. The van der Waals surface area contributed by atoms with Crippen LogP contribution in [-0.4, -0.2) is 24.4 Å². The van der Waals surface area contributed by atoms with Crippen LogP contribution in [0.4, 0.5) is 0 Å². The predicted octanol–water partition coefficient (Wildman–Crippen LogP) is 6.68. The Labute approximate surface area is 182 Å². The quantitative estimate of drug-likeness (QED) is 0.341. The first-order valence-electron chi connectivity index (χ1n) is 10.7. The lowest BCUT2D eigenvalue weighted by Crippen LogP contribution is -2.40. The van der Waals surface area contributed by atoms with Crippen molar-refractivity contribution >= 4 is 19.9 Å². The third-order valence-electron chi connectivity index (χ3n) is 5.84. The first-order valence-corrected chi connectivity index (χ1v) is 13.6. The van der Waals surface area contributed by atoms with Crippen molar-refractivity contribution in [1.82, 2.24) is 4.98 Å². The van der Waals surface area contributed by atoms with Crippen molar-refractivity contribution in [3.8, 4) is 0 Å². The van der Waals surface area contributed by atoms with Gasteiger partial charge in [0.2, 0.25) is 0 Å². The maximum absolute atomic E-state index is 10.7. The molecule has 0 aliphatic rings. The molecule has 0 amide bonds. The van der Waals surface area contributed by atoms with E-state index in [0.29, 0.717) is 13.0 Å². The van der Waals surface area contributed by atoms with Crippen LogP contribution in [0.25, 0.3) is 5.57 Å². The minimum atomic E-state index is -1.77. The number of allylic oxidation sites excluding steroid dienone is 1. The minimum absolute atomic E-state index is 0.198. The van der Waals surface area contributed by atoms with Gasteiger partial charge in [0.05, 0.1) is 6.61 Å². The van der Waals surface area contributed by atoms with Crippen molar-refractivity contribution in [1.29, 1.82) is 0 Å². The summed E-state index contributed by atoms with van der Waals surface area (Å²) in [6.45, 7) is 11.9. The van der Waals surface area contributed by atoms with E-state index in [9.17, 15) is 4.79 Å². The van der Waals surface area contributed by atoms with Gasteiger partial charge in [-0.1, -0.05) is 57.2 Å². The van der Waals surface area contributed by atoms with Crippen LogP contribution in [0.3, 0.4) is 0 Å². The fourth-order valence-electron chi connectivity index (χ4n) is 2.85. The van der Waals surface area contributed by atoms with Gasteiger partial charge < -0.3 is 9.53 Å². The van der Waals surface area contributed by atoms with Gasteiger partial charge in [-0.15, -0.1) is 0 Å². The fraction of sp³-hybridized carbons (Fsp3) is 0.440. The summed E-state index contributed by atoms with van der Waals surface area (Å²) >= 11 is 0. The first kappa shape index (κ1) is 24.0. The summed E-state index contributed by atoms with van der Waals surface area (Å²) in [5.74, 6) is -0.734. The Hall–Kier alpha value is -2.24. The number of unbranched alkanes of at least 4 members (excludes halogenated alkanes) is 2. The van der Waals surface area contributed by atoms with Gasteiger partial charge in [-0.3, -0.25) is 9.78 Å². The molecule has 2 aromatic rings. The molecule has 162 valence electrons. The van der Waals surface area contributed by atoms with Crippen LogP contribution >= 0.6 is 0 Å². The van der Waals surface area contributed by atoms with Gasteiger partial charge in [-0.25, -0.2) is 0 Å². The number of carbonyl (C=O) groups is 1. The maximum Gasteiger partial charge on any atom is 0.303 e. The Morgan fingerprint density at radius 2 is 1.80 bits per heavy atom. The van der Waals surface area contributed by atoms with Crippen molar-refractivity contribution in [2.24, 2.45) is 0 Å². The Bertz CT molecular complexity index is 837. The highest BCUT2D eigenvalue weighted by atomic mass is 28.4. The average Bonchev–Trinajstić information content (AvgIpc) is 2.69. The zero-order valence-corrected chi connectivity index (χ0v) is 19.9. The smallest absolute Gasteiger partial charge is 0.303 e. The van der Waals surface area contributed by atoms with E-state index < -0.39 is 14.3 Å². The Morgan fingerprint density at radius 3 is 2.37 bits per heavy atom. The number of aliphatic carboxylic acids is 1. The van der Waals surface area contributed by atoms with Gasteiger partial charge in [0.1, 0.15) is 0 Å². The monoisotopic (exact) mass is 425 g/mol. The maximum atomic E-state index is 10.7. The van der Waals surface area contributed by atoms with Gasteiger partial charge in [-0.05, 0) is 60.2 Å². The molecule has 0 bridgehead atoms. The third kappa shape index (κ3) is 7.22. The van der Waals surface area contributed by atoms with Crippen LogP contribution in [0.15, 0.2) is 54.9 Å². The fourth-order valence-corrected chi connectivity index (χ4v) is 3.81. The molecular formula is C25H35NO3Si. The third-order valence-corrected chi connectivity index (χ3v) is 10.3. The van der Waals surface area contributed by atoms with Gasteiger partial charge in [-0.2, -0.15) is 0 Å². The van der Waals surface area contributed by atoms with Gasteiger partial charge in [0.25, 0.3) is 0 Å². The van der Waals surface area contributed by atoms with Crippen molar-refractivity contribution in [2.75, 3.05) is 0 Å². The number of pyridine rings is 1. The summed E-state index contributed by atoms with van der Waals surface area (Å²) < 4.78 is 6.34. The molecule has 0 fully saturated rings. The average molecular weight is 426 g/mol. The molecular weight excluding hydrogens is 390 g/mol.